The fraction of sp³-hybridized carbons (Fsp3) is 0.300. The number of hydrogen-bond acceptors (Lipinski definition) is 4. The van der Waals surface area contributed by atoms with Gasteiger partial charge in [-0.2, -0.15) is 0 Å². The fourth-order valence-electron chi connectivity index (χ4n) is 0.991. The predicted octanol–water partition coefficient (Wildman–Crippen LogP) is 1.74. The number of nitrogens with zero attached hydrogens (tertiary/aromatic N) is 1. The van der Waals surface area contributed by atoms with Crippen LogP contribution in [-0.4, -0.2) is 24.0 Å². The molecule has 16 heavy (non-hydrogen) atoms. The maximum absolute atomic E-state index is 11.4. The lowest BCUT2D eigenvalue weighted by molar-refractivity contribution is -0.141. The zero-order valence-corrected chi connectivity index (χ0v) is 10.3. The van der Waals surface area contributed by atoms with E-state index in [0.29, 0.717) is 10.3 Å². The van der Waals surface area contributed by atoms with Crippen LogP contribution in [0.1, 0.15) is 12.8 Å². The van der Waals surface area contributed by atoms with Crippen LogP contribution in [-0.2, 0) is 14.3 Å². The number of carbonyl (C=O) groups is 2. The summed E-state index contributed by atoms with van der Waals surface area (Å²) in [5, 5.41) is 2.62. The second kappa shape index (κ2) is 6.22. The number of halogens is 1. The maximum Gasteiger partial charge on any atom is 0.306 e. The number of anilines is 1. The molecule has 6 heteroatoms. The normalized spacial score (nSPS) is 9.62. The summed E-state index contributed by atoms with van der Waals surface area (Å²) in [6.45, 7) is 0. The van der Waals surface area contributed by atoms with Gasteiger partial charge in [0.2, 0.25) is 5.91 Å². The highest BCUT2D eigenvalue weighted by Gasteiger charge is 2.06. The number of ether oxygens (including phenoxy) is 1. The molecule has 86 valence electrons. The van der Waals surface area contributed by atoms with Crippen LogP contribution < -0.4 is 5.32 Å². The Morgan fingerprint density at radius 1 is 1.44 bits per heavy atom. The molecule has 1 rings (SSSR count). The van der Waals surface area contributed by atoms with Crippen molar-refractivity contribution in [3.63, 3.8) is 0 Å². The second-order valence-corrected chi connectivity index (χ2v) is 3.81. The van der Waals surface area contributed by atoms with Crippen molar-refractivity contribution in [1.82, 2.24) is 4.98 Å². The van der Waals surface area contributed by atoms with Gasteiger partial charge in [-0.05, 0) is 28.1 Å². The van der Waals surface area contributed by atoms with Crippen molar-refractivity contribution in [2.45, 2.75) is 12.8 Å². The van der Waals surface area contributed by atoms with Gasteiger partial charge in [0.15, 0.2) is 0 Å². The first-order chi connectivity index (χ1) is 7.61. The highest BCUT2D eigenvalue weighted by Crippen LogP contribution is 2.10. The molecular weight excluding hydrogens is 276 g/mol. The van der Waals surface area contributed by atoms with Crippen LogP contribution in [0.15, 0.2) is 22.9 Å². The van der Waals surface area contributed by atoms with Gasteiger partial charge >= 0.3 is 5.97 Å². The maximum atomic E-state index is 11.4. The van der Waals surface area contributed by atoms with Crippen LogP contribution in [0.3, 0.4) is 0 Å². The summed E-state index contributed by atoms with van der Waals surface area (Å²) in [6, 6.07) is 3.43. The van der Waals surface area contributed by atoms with E-state index in [0.717, 1.165) is 0 Å². The van der Waals surface area contributed by atoms with E-state index in [-0.39, 0.29) is 18.7 Å². The average Bonchev–Trinajstić information content (AvgIpc) is 2.29. The van der Waals surface area contributed by atoms with Crippen molar-refractivity contribution in [2.75, 3.05) is 12.4 Å². The zero-order chi connectivity index (χ0) is 12.0. The van der Waals surface area contributed by atoms with Crippen LogP contribution >= 0.6 is 15.9 Å². The fourth-order valence-corrected chi connectivity index (χ4v) is 1.23. The first-order valence-electron chi connectivity index (χ1n) is 4.60. The lowest BCUT2D eigenvalue weighted by atomic mass is 10.3. The first-order valence-corrected chi connectivity index (χ1v) is 5.39. The molecule has 1 aromatic heterocycles. The van der Waals surface area contributed by atoms with Crippen molar-refractivity contribution in [3.05, 3.63) is 22.9 Å². The van der Waals surface area contributed by atoms with Crippen molar-refractivity contribution in [2.24, 2.45) is 0 Å². The largest absolute Gasteiger partial charge is 0.469 e. The molecule has 0 spiro atoms. The van der Waals surface area contributed by atoms with E-state index in [1.165, 1.54) is 13.3 Å². The smallest absolute Gasteiger partial charge is 0.306 e. The number of esters is 1. The molecule has 0 saturated heterocycles. The summed E-state index contributed by atoms with van der Waals surface area (Å²) < 4.78 is 5.12. The topological polar surface area (TPSA) is 68.3 Å². The first kappa shape index (κ1) is 12.6. The Kier molecular flexibility index (Phi) is 4.91. The molecule has 1 aromatic rings. The number of carbonyl (C=O) groups excluding carboxylic acids is 2. The third-order valence-electron chi connectivity index (χ3n) is 1.80. The molecule has 1 heterocycles. The lowest BCUT2D eigenvalue weighted by Gasteiger charge is -2.03. The minimum absolute atomic E-state index is 0.0757. The summed E-state index contributed by atoms with van der Waals surface area (Å²) in [6.07, 6.45) is 1.70. The lowest BCUT2D eigenvalue weighted by Crippen LogP contribution is -2.13. The number of rotatable bonds is 4. The van der Waals surface area contributed by atoms with Crippen LogP contribution in [0, 0.1) is 0 Å². The molecule has 0 fully saturated rings. The summed E-state index contributed by atoms with van der Waals surface area (Å²) >= 11 is 3.19. The molecule has 0 bridgehead atoms. The summed E-state index contributed by atoms with van der Waals surface area (Å²) in [4.78, 5) is 26.1. The Labute approximate surface area is 101 Å². The molecule has 0 radical (unpaired) electrons. The average molecular weight is 287 g/mol. The molecule has 0 unspecified atom stereocenters. The van der Waals surface area contributed by atoms with Gasteiger partial charge in [-0.3, -0.25) is 9.59 Å². The van der Waals surface area contributed by atoms with E-state index in [4.69, 9.17) is 0 Å². The zero-order valence-electron chi connectivity index (χ0n) is 8.70. The minimum atomic E-state index is -0.399. The molecule has 0 atom stereocenters. The standard InChI is InChI=1S/C10H11BrN2O3/c1-16-10(15)5-4-9(14)13-7-2-3-8(11)12-6-7/h2-3,6H,4-5H2,1H3,(H,13,14). The van der Waals surface area contributed by atoms with Crippen LogP contribution in [0.4, 0.5) is 5.69 Å². The van der Waals surface area contributed by atoms with Crippen molar-refractivity contribution < 1.29 is 14.3 Å². The Bertz CT molecular complexity index is 378. The van der Waals surface area contributed by atoms with Gasteiger partial charge in [0, 0.05) is 6.42 Å². The van der Waals surface area contributed by atoms with E-state index < -0.39 is 5.97 Å². The van der Waals surface area contributed by atoms with Crippen LogP contribution in [0.25, 0.3) is 0 Å². The van der Waals surface area contributed by atoms with Crippen LogP contribution in [0.2, 0.25) is 0 Å². The number of aromatic nitrogens is 1. The number of amides is 1. The molecule has 1 amide bonds. The van der Waals surface area contributed by atoms with Crippen LogP contribution in [0.5, 0.6) is 0 Å². The molecule has 1 N–H and O–H groups in total. The molecule has 0 saturated carbocycles. The van der Waals surface area contributed by atoms with Gasteiger partial charge in [-0.15, -0.1) is 0 Å². The Balaban J connectivity index is 2.40. The van der Waals surface area contributed by atoms with Crippen molar-refractivity contribution in [1.29, 1.82) is 0 Å². The summed E-state index contributed by atoms with van der Waals surface area (Å²) in [5.41, 5.74) is 0.595. The molecule has 0 aromatic carbocycles. The third kappa shape index (κ3) is 4.39. The SMILES string of the molecule is COC(=O)CCC(=O)Nc1ccc(Br)nc1. The van der Waals surface area contributed by atoms with Gasteiger partial charge < -0.3 is 10.1 Å². The van der Waals surface area contributed by atoms with E-state index in [1.807, 2.05) is 0 Å². The number of pyridine rings is 1. The van der Waals surface area contributed by atoms with E-state index in [9.17, 15) is 9.59 Å². The molecule has 0 aliphatic carbocycles. The van der Waals surface area contributed by atoms with Gasteiger partial charge in [0.1, 0.15) is 4.60 Å². The van der Waals surface area contributed by atoms with Crippen molar-refractivity contribution >= 4 is 33.5 Å². The van der Waals surface area contributed by atoms with E-state index in [2.05, 4.69) is 31.0 Å². The predicted molar refractivity (Wildman–Crippen MR) is 61.8 cm³/mol. The van der Waals surface area contributed by atoms with E-state index >= 15 is 0 Å². The molecular formula is C10H11BrN2O3. The molecule has 0 aliphatic rings. The highest BCUT2D eigenvalue weighted by molar-refractivity contribution is 9.10. The van der Waals surface area contributed by atoms with Gasteiger partial charge in [0.05, 0.1) is 25.4 Å². The number of hydrogen-bond donors (Lipinski definition) is 1. The Morgan fingerprint density at radius 3 is 2.75 bits per heavy atom. The van der Waals surface area contributed by atoms with Gasteiger partial charge in [-0.25, -0.2) is 4.98 Å². The molecule has 5 nitrogen and oxygen atoms in total. The minimum Gasteiger partial charge on any atom is -0.469 e. The summed E-state index contributed by atoms with van der Waals surface area (Å²) in [7, 11) is 1.29. The Hall–Kier alpha value is -1.43. The van der Waals surface area contributed by atoms with Gasteiger partial charge in [0.25, 0.3) is 0 Å². The number of nitrogens with one attached hydrogen (secondary N) is 1. The summed E-state index contributed by atoms with van der Waals surface area (Å²) in [5.74, 6) is -0.640. The highest BCUT2D eigenvalue weighted by atomic mass is 79.9. The number of methoxy groups -OCH3 is 1. The molecule has 0 aliphatic heterocycles. The van der Waals surface area contributed by atoms with E-state index in [1.54, 1.807) is 12.1 Å². The van der Waals surface area contributed by atoms with Crippen molar-refractivity contribution in [3.8, 4) is 0 Å². The quantitative estimate of drug-likeness (QED) is 0.676. The third-order valence-corrected chi connectivity index (χ3v) is 2.26. The monoisotopic (exact) mass is 286 g/mol. The Morgan fingerprint density at radius 2 is 2.19 bits per heavy atom. The van der Waals surface area contributed by atoms with Gasteiger partial charge in [-0.1, -0.05) is 0 Å². The second-order valence-electron chi connectivity index (χ2n) is 2.99.